The Morgan fingerprint density at radius 1 is 1.17 bits per heavy atom. The van der Waals surface area contributed by atoms with Crippen LogP contribution in [0.3, 0.4) is 0 Å². The average molecular weight is 389 g/mol. The fourth-order valence-corrected chi connectivity index (χ4v) is 4.14. The molecule has 0 saturated carbocycles. The third-order valence-electron chi connectivity index (χ3n) is 5.81. The normalized spacial score (nSPS) is 15.3. The highest BCUT2D eigenvalue weighted by Gasteiger charge is 2.21. The summed E-state index contributed by atoms with van der Waals surface area (Å²) in [5, 5.41) is 0. The first kappa shape index (κ1) is 19.4. The molecule has 0 spiro atoms. The van der Waals surface area contributed by atoms with Crippen molar-refractivity contribution < 1.29 is 13.9 Å². The van der Waals surface area contributed by atoms with Crippen molar-refractivity contribution in [3.8, 4) is 17.2 Å². The highest BCUT2D eigenvalue weighted by Crippen LogP contribution is 2.37. The molecule has 1 heterocycles. The summed E-state index contributed by atoms with van der Waals surface area (Å²) in [5.41, 5.74) is 5.39. The summed E-state index contributed by atoms with van der Waals surface area (Å²) in [6.07, 6.45) is 5.94. The number of carbonyl (C=O) groups is 1. The minimum absolute atomic E-state index is 0.568. The second-order valence-electron chi connectivity index (χ2n) is 7.59. The molecule has 4 nitrogen and oxygen atoms in total. The van der Waals surface area contributed by atoms with Gasteiger partial charge in [-0.05, 0) is 60.6 Å². The zero-order valence-electron chi connectivity index (χ0n) is 17.1. The van der Waals surface area contributed by atoms with Crippen LogP contribution >= 0.6 is 0 Å². The average Bonchev–Trinajstić information content (AvgIpc) is 3.37. The van der Waals surface area contributed by atoms with E-state index in [9.17, 15) is 4.79 Å². The Morgan fingerprint density at radius 3 is 2.72 bits per heavy atom. The van der Waals surface area contributed by atoms with E-state index in [2.05, 4.69) is 37.0 Å². The van der Waals surface area contributed by atoms with Gasteiger partial charge in [0.05, 0.1) is 12.3 Å². The number of oxazole rings is 1. The van der Waals surface area contributed by atoms with Gasteiger partial charge in [-0.3, -0.25) is 4.79 Å². The van der Waals surface area contributed by atoms with E-state index in [1.54, 1.807) is 12.1 Å². The van der Waals surface area contributed by atoms with E-state index < -0.39 is 0 Å². The molecule has 3 aromatic rings. The first-order chi connectivity index (χ1) is 14.2. The van der Waals surface area contributed by atoms with Crippen molar-refractivity contribution in [2.75, 3.05) is 6.61 Å². The molecule has 0 aliphatic heterocycles. The molecule has 1 aliphatic rings. The molecule has 4 rings (SSSR count). The molecule has 150 valence electrons. The van der Waals surface area contributed by atoms with Crippen molar-refractivity contribution in [1.82, 2.24) is 4.98 Å². The number of hydrogen-bond donors (Lipinski definition) is 0. The molecular weight excluding hydrogens is 362 g/mol. The lowest BCUT2D eigenvalue weighted by Crippen LogP contribution is -2.04. The number of aryl methyl sites for hydroxylation is 2. The van der Waals surface area contributed by atoms with Crippen LogP contribution in [0.25, 0.3) is 11.5 Å². The second kappa shape index (κ2) is 8.64. The zero-order chi connectivity index (χ0) is 20.2. The number of aromatic nitrogens is 1. The van der Waals surface area contributed by atoms with Gasteiger partial charge < -0.3 is 9.15 Å². The first-order valence-corrected chi connectivity index (χ1v) is 10.5. The lowest BCUT2D eigenvalue weighted by molar-refractivity contribution is 0.112. The second-order valence-corrected chi connectivity index (χ2v) is 7.59. The third kappa shape index (κ3) is 4.12. The molecule has 1 aromatic heterocycles. The molecule has 4 heteroatoms. The van der Waals surface area contributed by atoms with E-state index in [0.717, 1.165) is 41.9 Å². The van der Waals surface area contributed by atoms with Gasteiger partial charge in [0.2, 0.25) is 5.89 Å². The van der Waals surface area contributed by atoms with E-state index in [-0.39, 0.29) is 0 Å². The van der Waals surface area contributed by atoms with E-state index in [1.807, 2.05) is 12.1 Å². The molecule has 1 atom stereocenters. The van der Waals surface area contributed by atoms with Crippen molar-refractivity contribution in [2.24, 2.45) is 0 Å². The van der Waals surface area contributed by atoms with Crippen molar-refractivity contribution >= 4 is 6.29 Å². The quantitative estimate of drug-likeness (QED) is 0.458. The lowest BCUT2D eigenvalue weighted by atomic mass is 9.99. The Hall–Kier alpha value is -2.88. The monoisotopic (exact) mass is 389 g/mol. The van der Waals surface area contributed by atoms with Crippen molar-refractivity contribution in [3.05, 3.63) is 70.6 Å². The Labute approximate surface area is 171 Å². The molecule has 0 amide bonds. The smallest absolute Gasteiger partial charge is 0.226 e. The number of ether oxygens (including phenoxy) is 1. The largest absolute Gasteiger partial charge is 0.493 e. The van der Waals surface area contributed by atoms with Gasteiger partial charge in [0, 0.05) is 24.0 Å². The molecule has 0 unspecified atom stereocenters. The summed E-state index contributed by atoms with van der Waals surface area (Å²) < 4.78 is 12.0. The predicted octanol–water partition coefficient (Wildman–Crippen LogP) is 5.78. The third-order valence-corrected chi connectivity index (χ3v) is 5.81. The molecule has 0 bridgehead atoms. The van der Waals surface area contributed by atoms with Crippen molar-refractivity contribution in [1.29, 1.82) is 0 Å². The van der Waals surface area contributed by atoms with Crippen LogP contribution in [-0.4, -0.2) is 17.9 Å². The molecule has 0 fully saturated rings. The predicted molar refractivity (Wildman–Crippen MR) is 114 cm³/mol. The molecular formula is C25H27NO3. The van der Waals surface area contributed by atoms with Gasteiger partial charge in [-0.25, -0.2) is 4.98 Å². The van der Waals surface area contributed by atoms with E-state index >= 15 is 0 Å². The van der Waals surface area contributed by atoms with Gasteiger partial charge in [-0.15, -0.1) is 0 Å². The number of rotatable bonds is 8. The number of benzene rings is 2. The van der Waals surface area contributed by atoms with E-state index in [1.165, 1.54) is 24.0 Å². The van der Waals surface area contributed by atoms with Gasteiger partial charge in [0.1, 0.15) is 17.8 Å². The van der Waals surface area contributed by atoms with Crippen molar-refractivity contribution in [2.45, 2.75) is 51.9 Å². The van der Waals surface area contributed by atoms with E-state index in [4.69, 9.17) is 9.15 Å². The highest BCUT2D eigenvalue weighted by atomic mass is 16.5. The van der Waals surface area contributed by atoms with Crippen molar-refractivity contribution in [3.63, 3.8) is 0 Å². The summed E-state index contributed by atoms with van der Waals surface area (Å²) in [4.78, 5) is 15.5. The Bertz CT molecular complexity index is 988. The number of carbonyl (C=O) groups excluding carboxylic acids is 1. The lowest BCUT2D eigenvalue weighted by Gasteiger charge is -2.10. The van der Waals surface area contributed by atoms with Gasteiger partial charge >= 0.3 is 0 Å². The Kier molecular flexibility index (Phi) is 5.79. The fraction of sp³-hybridized carbons (Fsp3) is 0.360. The standard InChI is InChI=1S/C25H27NO3/c1-3-18-9-10-20-15-21(11-12-22(18)20)28-14-13-23-24(4-2)29-25(26-23)19-7-5-17(16-27)6-8-19/h5-8,11-12,15-16,18H,3-4,9-10,13-14H2,1-2H3/t18-/m1/s1. The van der Waals surface area contributed by atoms with Crippen LogP contribution in [-0.2, 0) is 19.3 Å². The number of aldehydes is 1. The summed E-state index contributed by atoms with van der Waals surface area (Å²) in [6, 6.07) is 13.8. The van der Waals surface area contributed by atoms with Gasteiger partial charge in [-0.1, -0.05) is 32.0 Å². The van der Waals surface area contributed by atoms with Crippen LogP contribution in [0.15, 0.2) is 46.9 Å². The number of fused-ring (bicyclic) bond motifs is 1. The Morgan fingerprint density at radius 2 is 2.00 bits per heavy atom. The van der Waals surface area contributed by atoms with Crippen LogP contribution in [0.1, 0.15) is 65.5 Å². The van der Waals surface area contributed by atoms with Crippen LogP contribution in [0, 0.1) is 0 Å². The maximum absolute atomic E-state index is 10.8. The van der Waals surface area contributed by atoms with Gasteiger partial charge in [0.25, 0.3) is 0 Å². The fourth-order valence-electron chi connectivity index (χ4n) is 4.14. The Balaban J connectivity index is 1.42. The van der Waals surface area contributed by atoms with E-state index in [0.29, 0.717) is 30.4 Å². The molecule has 29 heavy (non-hydrogen) atoms. The first-order valence-electron chi connectivity index (χ1n) is 10.5. The van der Waals surface area contributed by atoms with Crippen LogP contribution in [0.5, 0.6) is 5.75 Å². The van der Waals surface area contributed by atoms with Gasteiger partial charge in [0.15, 0.2) is 0 Å². The number of hydrogen-bond acceptors (Lipinski definition) is 4. The zero-order valence-corrected chi connectivity index (χ0v) is 17.1. The topological polar surface area (TPSA) is 52.3 Å². The summed E-state index contributed by atoms with van der Waals surface area (Å²) in [5.74, 6) is 3.13. The molecule has 2 aromatic carbocycles. The molecule has 0 saturated heterocycles. The van der Waals surface area contributed by atoms with Crippen LogP contribution in [0.2, 0.25) is 0 Å². The summed E-state index contributed by atoms with van der Waals surface area (Å²) in [6.45, 7) is 4.89. The molecule has 0 radical (unpaired) electrons. The molecule has 0 N–H and O–H groups in total. The SMILES string of the molecule is CCc1oc(-c2ccc(C=O)cc2)nc1CCOc1ccc2c(c1)CC[C@H]2CC. The van der Waals surface area contributed by atoms with Crippen LogP contribution < -0.4 is 4.74 Å². The highest BCUT2D eigenvalue weighted by molar-refractivity contribution is 5.76. The molecule has 1 aliphatic carbocycles. The maximum Gasteiger partial charge on any atom is 0.226 e. The minimum atomic E-state index is 0.568. The van der Waals surface area contributed by atoms with Crippen LogP contribution in [0.4, 0.5) is 0 Å². The number of nitrogens with zero attached hydrogens (tertiary/aromatic N) is 1. The maximum atomic E-state index is 10.8. The summed E-state index contributed by atoms with van der Waals surface area (Å²) in [7, 11) is 0. The minimum Gasteiger partial charge on any atom is -0.493 e. The van der Waals surface area contributed by atoms with Gasteiger partial charge in [-0.2, -0.15) is 0 Å². The summed E-state index contributed by atoms with van der Waals surface area (Å²) >= 11 is 0.